The molecule has 0 unspecified atom stereocenters. The average Bonchev–Trinajstić information content (AvgIpc) is 2.84. The summed E-state index contributed by atoms with van der Waals surface area (Å²) >= 11 is 3.42. The fourth-order valence-corrected chi connectivity index (χ4v) is 3.02. The minimum Gasteiger partial charge on any atom is -0.310 e. The zero-order valence-corrected chi connectivity index (χ0v) is 15.5. The number of hydrogen-bond donors (Lipinski definition) is 1. The molecule has 1 heterocycles. The predicted octanol–water partition coefficient (Wildman–Crippen LogP) is 4.48. The molecule has 0 aliphatic carbocycles. The van der Waals surface area contributed by atoms with Gasteiger partial charge in [-0.05, 0) is 36.2 Å². The molecule has 0 atom stereocenters. The molecule has 0 saturated carbocycles. The number of amides is 1. The molecule has 2 aromatic carbocycles. The summed E-state index contributed by atoms with van der Waals surface area (Å²) in [7, 11) is 1.77. The molecule has 0 bridgehead atoms. The third-order valence-corrected chi connectivity index (χ3v) is 4.45. The van der Waals surface area contributed by atoms with Crippen LogP contribution in [-0.4, -0.2) is 15.7 Å². The van der Waals surface area contributed by atoms with Crippen molar-refractivity contribution in [2.75, 3.05) is 5.32 Å². The molecule has 0 saturated heterocycles. The van der Waals surface area contributed by atoms with Gasteiger partial charge in [0.1, 0.15) is 11.6 Å². The molecule has 6 heteroatoms. The van der Waals surface area contributed by atoms with E-state index in [1.54, 1.807) is 29.9 Å². The standard InChI is InChI=1S/C19H17BrFN3O/c1-12-18(13-7-9-15(20)10-8-13)19(24(2)23-12)22-17(25)11-14-5-3-4-6-16(14)21/h3-10H,11H2,1-2H3,(H,22,25). The Balaban J connectivity index is 1.89. The minimum atomic E-state index is -0.382. The lowest BCUT2D eigenvalue weighted by Crippen LogP contribution is -2.17. The summed E-state index contributed by atoms with van der Waals surface area (Å²) in [6.07, 6.45) is -0.0311. The largest absolute Gasteiger partial charge is 0.310 e. The lowest BCUT2D eigenvalue weighted by atomic mass is 10.1. The number of nitrogens with one attached hydrogen (secondary N) is 1. The van der Waals surface area contributed by atoms with Gasteiger partial charge in [-0.1, -0.05) is 46.3 Å². The number of nitrogens with zero attached hydrogens (tertiary/aromatic N) is 2. The van der Waals surface area contributed by atoms with Gasteiger partial charge >= 0.3 is 0 Å². The van der Waals surface area contributed by atoms with Crippen LogP contribution in [0.2, 0.25) is 0 Å². The second-order valence-corrected chi connectivity index (χ2v) is 6.67. The molecule has 0 radical (unpaired) electrons. The molecule has 3 rings (SSSR count). The maximum Gasteiger partial charge on any atom is 0.230 e. The zero-order chi connectivity index (χ0) is 18.0. The quantitative estimate of drug-likeness (QED) is 0.700. The van der Waals surface area contributed by atoms with Crippen molar-refractivity contribution in [1.29, 1.82) is 0 Å². The number of anilines is 1. The van der Waals surface area contributed by atoms with Gasteiger partial charge in [-0.15, -0.1) is 0 Å². The van der Waals surface area contributed by atoms with E-state index in [1.165, 1.54) is 6.07 Å². The molecule has 3 aromatic rings. The van der Waals surface area contributed by atoms with Gasteiger partial charge in [-0.25, -0.2) is 4.39 Å². The first-order valence-electron chi connectivity index (χ1n) is 7.78. The molecule has 25 heavy (non-hydrogen) atoms. The van der Waals surface area contributed by atoms with Crippen molar-refractivity contribution in [3.63, 3.8) is 0 Å². The summed E-state index contributed by atoms with van der Waals surface area (Å²) in [5.41, 5.74) is 2.99. The van der Waals surface area contributed by atoms with Crippen molar-refractivity contribution in [2.24, 2.45) is 7.05 Å². The highest BCUT2D eigenvalue weighted by molar-refractivity contribution is 9.10. The summed E-state index contributed by atoms with van der Waals surface area (Å²) in [6, 6.07) is 14.1. The van der Waals surface area contributed by atoms with Crippen LogP contribution in [0.4, 0.5) is 10.2 Å². The second-order valence-electron chi connectivity index (χ2n) is 5.76. The van der Waals surface area contributed by atoms with Crippen LogP contribution < -0.4 is 5.32 Å². The number of carbonyl (C=O) groups is 1. The Morgan fingerprint density at radius 2 is 1.88 bits per heavy atom. The van der Waals surface area contributed by atoms with Crippen molar-refractivity contribution in [3.05, 3.63) is 70.1 Å². The third kappa shape index (κ3) is 3.79. The van der Waals surface area contributed by atoms with Crippen molar-refractivity contribution in [1.82, 2.24) is 9.78 Å². The predicted molar refractivity (Wildman–Crippen MR) is 99.8 cm³/mol. The van der Waals surface area contributed by atoms with E-state index in [-0.39, 0.29) is 18.1 Å². The van der Waals surface area contributed by atoms with Crippen molar-refractivity contribution >= 4 is 27.7 Å². The summed E-state index contributed by atoms with van der Waals surface area (Å²) < 4.78 is 16.4. The third-order valence-electron chi connectivity index (χ3n) is 3.92. The molecule has 0 spiro atoms. The van der Waals surface area contributed by atoms with Crippen LogP contribution in [0.5, 0.6) is 0 Å². The molecule has 1 aromatic heterocycles. The second kappa shape index (κ2) is 7.19. The van der Waals surface area contributed by atoms with E-state index in [4.69, 9.17) is 0 Å². The Morgan fingerprint density at radius 1 is 1.20 bits per heavy atom. The minimum absolute atomic E-state index is 0.0311. The molecule has 4 nitrogen and oxygen atoms in total. The van der Waals surface area contributed by atoms with Crippen molar-refractivity contribution < 1.29 is 9.18 Å². The monoisotopic (exact) mass is 401 g/mol. The normalized spacial score (nSPS) is 10.7. The molecule has 1 N–H and O–H groups in total. The highest BCUT2D eigenvalue weighted by Crippen LogP contribution is 2.32. The Morgan fingerprint density at radius 3 is 2.56 bits per heavy atom. The Hall–Kier alpha value is -2.47. The first-order chi connectivity index (χ1) is 12.0. The molecular weight excluding hydrogens is 385 g/mol. The Kier molecular flexibility index (Phi) is 4.99. The SMILES string of the molecule is Cc1nn(C)c(NC(=O)Cc2ccccc2F)c1-c1ccc(Br)cc1. The van der Waals surface area contributed by atoms with E-state index in [0.29, 0.717) is 11.4 Å². The fourth-order valence-electron chi connectivity index (χ4n) is 2.75. The van der Waals surface area contributed by atoms with Crippen LogP contribution >= 0.6 is 15.9 Å². The summed E-state index contributed by atoms with van der Waals surface area (Å²) in [5.74, 6) is -0.0698. The van der Waals surface area contributed by atoms with E-state index >= 15 is 0 Å². The van der Waals surface area contributed by atoms with Gasteiger partial charge in [0.05, 0.1) is 12.1 Å². The number of aryl methyl sites for hydroxylation is 2. The van der Waals surface area contributed by atoms with Gasteiger partial charge in [0.25, 0.3) is 0 Å². The van der Waals surface area contributed by atoms with Crippen molar-refractivity contribution in [2.45, 2.75) is 13.3 Å². The van der Waals surface area contributed by atoms with Gasteiger partial charge in [-0.2, -0.15) is 5.10 Å². The van der Waals surface area contributed by atoms with Crippen LogP contribution in [0.3, 0.4) is 0 Å². The van der Waals surface area contributed by atoms with Gasteiger partial charge in [0.15, 0.2) is 0 Å². The van der Waals surface area contributed by atoms with E-state index in [0.717, 1.165) is 21.3 Å². The van der Waals surface area contributed by atoms with Crippen LogP contribution in [0.1, 0.15) is 11.3 Å². The molecule has 0 aliphatic rings. The molecule has 128 valence electrons. The first kappa shape index (κ1) is 17.4. The molecule has 1 amide bonds. The lowest BCUT2D eigenvalue weighted by Gasteiger charge is -2.10. The van der Waals surface area contributed by atoms with E-state index in [1.807, 2.05) is 31.2 Å². The first-order valence-corrected chi connectivity index (χ1v) is 8.58. The maximum absolute atomic E-state index is 13.8. The lowest BCUT2D eigenvalue weighted by molar-refractivity contribution is -0.115. The van der Waals surface area contributed by atoms with Gasteiger partial charge in [0, 0.05) is 17.1 Å². The topological polar surface area (TPSA) is 46.9 Å². The number of benzene rings is 2. The number of carbonyl (C=O) groups excluding carboxylic acids is 1. The zero-order valence-electron chi connectivity index (χ0n) is 13.9. The van der Waals surface area contributed by atoms with E-state index in [9.17, 15) is 9.18 Å². The van der Waals surface area contributed by atoms with Gasteiger partial charge in [0.2, 0.25) is 5.91 Å². The fraction of sp³-hybridized carbons (Fsp3) is 0.158. The van der Waals surface area contributed by atoms with Crippen LogP contribution in [-0.2, 0) is 18.3 Å². The number of hydrogen-bond acceptors (Lipinski definition) is 2. The van der Waals surface area contributed by atoms with Crippen LogP contribution in [0.25, 0.3) is 11.1 Å². The summed E-state index contributed by atoms with van der Waals surface area (Å²) in [5, 5.41) is 7.28. The number of rotatable bonds is 4. The van der Waals surface area contributed by atoms with Gasteiger partial charge < -0.3 is 5.32 Å². The average molecular weight is 402 g/mol. The molecule has 0 fully saturated rings. The maximum atomic E-state index is 13.8. The van der Waals surface area contributed by atoms with Gasteiger partial charge in [-0.3, -0.25) is 9.48 Å². The highest BCUT2D eigenvalue weighted by Gasteiger charge is 2.18. The summed E-state index contributed by atoms with van der Waals surface area (Å²) in [4.78, 5) is 12.4. The highest BCUT2D eigenvalue weighted by atomic mass is 79.9. The summed E-state index contributed by atoms with van der Waals surface area (Å²) in [6.45, 7) is 1.89. The smallest absolute Gasteiger partial charge is 0.230 e. The molecule has 0 aliphatic heterocycles. The Labute approximate surface area is 153 Å². The van der Waals surface area contributed by atoms with E-state index < -0.39 is 0 Å². The molecular formula is C19H17BrFN3O. The number of aromatic nitrogens is 2. The van der Waals surface area contributed by atoms with Crippen LogP contribution in [0.15, 0.2) is 53.0 Å². The van der Waals surface area contributed by atoms with Crippen molar-refractivity contribution in [3.8, 4) is 11.1 Å². The Bertz CT molecular complexity index is 919. The van der Waals surface area contributed by atoms with Crippen LogP contribution in [0, 0.1) is 12.7 Å². The number of halogens is 2. The van der Waals surface area contributed by atoms with E-state index in [2.05, 4.69) is 26.3 Å².